The van der Waals surface area contributed by atoms with Crippen molar-refractivity contribution in [2.24, 2.45) is 11.7 Å². The minimum absolute atomic E-state index is 0.108. The molecular formula is C14H27NO2. The summed E-state index contributed by atoms with van der Waals surface area (Å²) in [5, 5.41) is 0. The Balaban J connectivity index is 2.14. The summed E-state index contributed by atoms with van der Waals surface area (Å²) in [6.45, 7) is 2.31. The Morgan fingerprint density at radius 3 is 2.53 bits per heavy atom. The average Bonchev–Trinajstić information content (AvgIpc) is 2.55. The van der Waals surface area contributed by atoms with Gasteiger partial charge in [-0.1, -0.05) is 38.5 Å². The molecule has 1 aliphatic rings. The number of rotatable bonds is 6. The first-order valence-electron chi connectivity index (χ1n) is 7.13. The van der Waals surface area contributed by atoms with Crippen LogP contribution in [0.25, 0.3) is 0 Å². The summed E-state index contributed by atoms with van der Waals surface area (Å²) >= 11 is 0. The number of carbonyl (C=O) groups excluding carboxylic acids is 1. The van der Waals surface area contributed by atoms with E-state index < -0.39 is 0 Å². The fourth-order valence-electron chi connectivity index (χ4n) is 2.68. The van der Waals surface area contributed by atoms with Crippen LogP contribution in [0.15, 0.2) is 0 Å². The highest BCUT2D eigenvalue weighted by Gasteiger charge is 2.16. The summed E-state index contributed by atoms with van der Waals surface area (Å²) in [5.41, 5.74) is 6.09. The van der Waals surface area contributed by atoms with E-state index in [0.717, 1.165) is 18.8 Å². The SMILES string of the molecule is CCOC(=O)CCC(N)CC1CCCCCC1. The molecule has 1 aliphatic carbocycles. The third-order valence-corrected chi connectivity index (χ3v) is 3.64. The van der Waals surface area contributed by atoms with Gasteiger partial charge in [-0.25, -0.2) is 0 Å². The van der Waals surface area contributed by atoms with Crippen LogP contribution in [0.5, 0.6) is 0 Å². The van der Waals surface area contributed by atoms with Gasteiger partial charge in [0.2, 0.25) is 0 Å². The molecule has 0 aromatic carbocycles. The molecule has 3 nitrogen and oxygen atoms in total. The number of hydrogen-bond acceptors (Lipinski definition) is 3. The molecule has 0 radical (unpaired) electrons. The van der Waals surface area contributed by atoms with E-state index >= 15 is 0 Å². The third kappa shape index (κ3) is 6.67. The lowest BCUT2D eigenvalue weighted by Gasteiger charge is -2.18. The summed E-state index contributed by atoms with van der Waals surface area (Å²) in [5.74, 6) is 0.679. The van der Waals surface area contributed by atoms with E-state index in [1.807, 2.05) is 6.92 Å². The molecule has 0 aromatic rings. The molecule has 0 bridgehead atoms. The van der Waals surface area contributed by atoms with Crippen LogP contribution in [0.1, 0.15) is 64.7 Å². The monoisotopic (exact) mass is 241 g/mol. The molecule has 100 valence electrons. The van der Waals surface area contributed by atoms with Gasteiger partial charge in [0.25, 0.3) is 0 Å². The molecule has 1 atom stereocenters. The molecule has 3 heteroatoms. The van der Waals surface area contributed by atoms with Gasteiger partial charge in [0, 0.05) is 12.5 Å². The van der Waals surface area contributed by atoms with E-state index in [0.29, 0.717) is 13.0 Å². The maximum atomic E-state index is 11.2. The van der Waals surface area contributed by atoms with Gasteiger partial charge in [-0.3, -0.25) is 4.79 Å². The maximum Gasteiger partial charge on any atom is 0.305 e. The van der Waals surface area contributed by atoms with Gasteiger partial charge in [0.15, 0.2) is 0 Å². The summed E-state index contributed by atoms with van der Waals surface area (Å²) < 4.78 is 4.91. The minimum Gasteiger partial charge on any atom is -0.466 e. The van der Waals surface area contributed by atoms with Crippen molar-refractivity contribution in [1.82, 2.24) is 0 Å². The first kappa shape index (κ1) is 14.5. The molecule has 0 heterocycles. The van der Waals surface area contributed by atoms with Crippen molar-refractivity contribution >= 4 is 5.97 Å². The third-order valence-electron chi connectivity index (χ3n) is 3.64. The van der Waals surface area contributed by atoms with Gasteiger partial charge in [0.1, 0.15) is 0 Å². The Morgan fingerprint density at radius 1 is 1.29 bits per heavy atom. The zero-order valence-electron chi connectivity index (χ0n) is 11.1. The highest BCUT2D eigenvalue weighted by molar-refractivity contribution is 5.69. The summed E-state index contributed by atoms with van der Waals surface area (Å²) in [6, 6.07) is 0.169. The summed E-state index contributed by atoms with van der Waals surface area (Å²) in [6.07, 6.45) is 10.5. The molecule has 0 spiro atoms. The lowest BCUT2D eigenvalue weighted by Crippen LogP contribution is -2.25. The van der Waals surface area contributed by atoms with Gasteiger partial charge in [0.05, 0.1) is 6.61 Å². The highest BCUT2D eigenvalue weighted by Crippen LogP contribution is 2.26. The van der Waals surface area contributed by atoms with Crippen molar-refractivity contribution in [3.8, 4) is 0 Å². The summed E-state index contributed by atoms with van der Waals surface area (Å²) in [4.78, 5) is 11.2. The largest absolute Gasteiger partial charge is 0.466 e. The lowest BCUT2D eigenvalue weighted by molar-refractivity contribution is -0.143. The van der Waals surface area contributed by atoms with E-state index in [2.05, 4.69) is 0 Å². The molecule has 0 aliphatic heterocycles. The Labute approximate surface area is 105 Å². The molecule has 0 saturated heterocycles. The Bertz CT molecular complexity index is 210. The predicted octanol–water partition coefficient (Wildman–Crippen LogP) is 3.02. The van der Waals surface area contributed by atoms with Crippen molar-refractivity contribution in [2.45, 2.75) is 70.8 Å². The van der Waals surface area contributed by atoms with Gasteiger partial charge in [-0.2, -0.15) is 0 Å². The first-order valence-corrected chi connectivity index (χ1v) is 7.13. The molecule has 17 heavy (non-hydrogen) atoms. The van der Waals surface area contributed by atoms with Crippen LogP contribution in [0.4, 0.5) is 0 Å². The second-order valence-corrected chi connectivity index (χ2v) is 5.20. The molecule has 1 fully saturated rings. The van der Waals surface area contributed by atoms with Crippen LogP contribution in [0, 0.1) is 5.92 Å². The van der Waals surface area contributed by atoms with Crippen LogP contribution >= 0.6 is 0 Å². The molecule has 0 aromatic heterocycles. The first-order chi connectivity index (χ1) is 8.22. The molecule has 1 saturated carbocycles. The number of ether oxygens (including phenoxy) is 1. The maximum absolute atomic E-state index is 11.2. The van der Waals surface area contributed by atoms with Gasteiger partial charge in [-0.15, -0.1) is 0 Å². The van der Waals surface area contributed by atoms with Crippen LogP contribution in [-0.4, -0.2) is 18.6 Å². The molecular weight excluding hydrogens is 214 g/mol. The Morgan fingerprint density at radius 2 is 1.94 bits per heavy atom. The normalized spacial score (nSPS) is 19.6. The molecule has 1 rings (SSSR count). The fourth-order valence-corrected chi connectivity index (χ4v) is 2.68. The van der Waals surface area contributed by atoms with Crippen molar-refractivity contribution in [3.63, 3.8) is 0 Å². The zero-order chi connectivity index (χ0) is 12.5. The van der Waals surface area contributed by atoms with E-state index in [1.54, 1.807) is 0 Å². The Hall–Kier alpha value is -0.570. The second kappa shape index (κ2) is 8.51. The standard InChI is InChI=1S/C14H27NO2/c1-2-17-14(16)10-9-13(15)11-12-7-5-3-4-6-8-12/h12-13H,2-11,15H2,1H3. The van der Waals surface area contributed by atoms with Crippen LogP contribution < -0.4 is 5.73 Å². The van der Waals surface area contributed by atoms with E-state index in [-0.39, 0.29) is 12.0 Å². The predicted molar refractivity (Wildman–Crippen MR) is 69.7 cm³/mol. The molecule has 2 N–H and O–H groups in total. The number of nitrogens with two attached hydrogens (primary N) is 1. The zero-order valence-corrected chi connectivity index (χ0v) is 11.1. The van der Waals surface area contributed by atoms with Crippen molar-refractivity contribution in [1.29, 1.82) is 0 Å². The lowest BCUT2D eigenvalue weighted by atomic mass is 9.91. The Kier molecular flexibility index (Phi) is 7.25. The minimum atomic E-state index is -0.108. The van der Waals surface area contributed by atoms with Gasteiger partial charge < -0.3 is 10.5 Å². The number of carbonyl (C=O) groups is 1. The molecule has 0 amide bonds. The number of hydrogen-bond donors (Lipinski definition) is 1. The van der Waals surface area contributed by atoms with Crippen molar-refractivity contribution in [3.05, 3.63) is 0 Å². The topological polar surface area (TPSA) is 52.3 Å². The highest BCUT2D eigenvalue weighted by atomic mass is 16.5. The second-order valence-electron chi connectivity index (χ2n) is 5.20. The summed E-state index contributed by atoms with van der Waals surface area (Å²) in [7, 11) is 0. The van der Waals surface area contributed by atoms with E-state index in [4.69, 9.17) is 10.5 Å². The fraction of sp³-hybridized carbons (Fsp3) is 0.929. The van der Waals surface area contributed by atoms with Crippen LogP contribution in [-0.2, 0) is 9.53 Å². The van der Waals surface area contributed by atoms with Crippen molar-refractivity contribution in [2.75, 3.05) is 6.61 Å². The van der Waals surface area contributed by atoms with Gasteiger partial charge >= 0.3 is 5.97 Å². The number of esters is 1. The van der Waals surface area contributed by atoms with Crippen LogP contribution in [0.2, 0.25) is 0 Å². The molecule has 1 unspecified atom stereocenters. The smallest absolute Gasteiger partial charge is 0.305 e. The van der Waals surface area contributed by atoms with Crippen molar-refractivity contribution < 1.29 is 9.53 Å². The van der Waals surface area contributed by atoms with E-state index in [9.17, 15) is 4.79 Å². The average molecular weight is 241 g/mol. The van der Waals surface area contributed by atoms with Crippen LogP contribution in [0.3, 0.4) is 0 Å². The van der Waals surface area contributed by atoms with E-state index in [1.165, 1.54) is 38.5 Å². The quantitative estimate of drug-likeness (QED) is 0.574. The van der Waals surface area contributed by atoms with Gasteiger partial charge in [-0.05, 0) is 25.7 Å².